The van der Waals surface area contributed by atoms with Gasteiger partial charge in [-0.05, 0) is 36.2 Å². The molecule has 0 radical (unpaired) electrons. The lowest BCUT2D eigenvalue weighted by molar-refractivity contribution is 0.462. The Morgan fingerprint density at radius 1 is 1.03 bits per heavy atom. The van der Waals surface area contributed by atoms with E-state index in [1.54, 1.807) is 6.07 Å². The molecule has 0 amide bonds. The molecule has 0 spiro atoms. The summed E-state index contributed by atoms with van der Waals surface area (Å²) in [5.41, 5.74) is 14.7. The van der Waals surface area contributed by atoms with Crippen LogP contribution in [0.2, 0.25) is 0 Å². The van der Waals surface area contributed by atoms with E-state index < -0.39 is 0 Å². The molecular weight excluding hydrogens is 384 g/mol. The van der Waals surface area contributed by atoms with Crippen molar-refractivity contribution >= 4 is 28.0 Å². The molecule has 8 heteroatoms. The first kappa shape index (κ1) is 18.9. The summed E-state index contributed by atoms with van der Waals surface area (Å²) in [7, 11) is 0. The minimum atomic E-state index is -0.201. The van der Waals surface area contributed by atoms with E-state index >= 15 is 0 Å². The molecule has 0 fully saturated rings. The first-order valence-corrected chi connectivity index (χ1v) is 9.91. The maximum Gasteiger partial charge on any atom is 0.224 e. The lowest BCUT2D eigenvalue weighted by Crippen LogP contribution is -2.13. The highest BCUT2D eigenvalue weighted by Gasteiger charge is 2.12. The largest absolute Gasteiger partial charge is 0.439 e. The zero-order valence-electron chi connectivity index (χ0n) is 15.5. The van der Waals surface area contributed by atoms with Crippen LogP contribution in [0.25, 0.3) is 0 Å². The SMILES string of the molecule is Nc1ccc(CC(N)c2csc(Nc3cc(Oc4ccccc4)ncn3)n2)cc1. The third kappa shape index (κ3) is 5.07. The van der Waals surface area contributed by atoms with Crippen LogP contribution in [0, 0.1) is 0 Å². The van der Waals surface area contributed by atoms with Gasteiger partial charge in [0, 0.05) is 17.1 Å². The molecule has 1 atom stereocenters. The van der Waals surface area contributed by atoms with Gasteiger partial charge >= 0.3 is 0 Å². The second-order valence-corrected chi connectivity index (χ2v) is 7.27. The van der Waals surface area contributed by atoms with Crippen LogP contribution in [0.5, 0.6) is 11.6 Å². The summed E-state index contributed by atoms with van der Waals surface area (Å²) in [5, 5.41) is 5.84. The van der Waals surface area contributed by atoms with Crippen LogP contribution in [-0.2, 0) is 6.42 Å². The Kier molecular flexibility index (Phi) is 5.64. The van der Waals surface area contributed by atoms with Crippen molar-refractivity contribution < 1.29 is 4.74 Å². The van der Waals surface area contributed by atoms with E-state index in [1.807, 2.05) is 60.0 Å². The van der Waals surface area contributed by atoms with E-state index in [-0.39, 0.29) is 6.04 Å². The van der Waals surface area contributed by atoms with E-state index in [1.165, 1.54) is 17.7 Å². The Morgan fingerprint density at radius 3 is 2.62 bits per heavy atom. The fourth-order valence-electron chi connectivity index (χ4n) is 2.71. The van der Waals surface area contributed by atoms with Gasteiger partial charge in [0.2, 0.25) is 5.88 Å². The number of anilines is 3. The molecule has 0 aliphatic rings. The summed E-state index contributed by atoms with van der Waals surface area (Å²) in [5.74, 6) is 1.76. The molecular formula is C21H20N6OS. The predicted octanol–water partition coefficient (Wildman–Crippen LogP) is 4.29. The minimum absolute atomic E-state index is 0.201. The zero-order chi connectivity index (χ0) is 20.1. The molecule has 0 aliphatic heterocycles. The van der Waals surface area contributed by atoms with Crippen molar-refractivity contribution in [2.75, 3.05) is 11.1 Å². The molecule has 0 bridgehead atoms. The molecule has 4 rings (SSSR count). The molecule has 2 aromatic heterocycles. The van der Waals surface area contributed by atoms with Gasteiger partial charge in [-0.15, -0.1) is 11.3 Å². The maximum atomic E-state index is 6.32. The Bertz CT molecular complexity index is 1070. The maximum absolute atomic E-state index is 6.32. The van der Waals surface area contributed by atoms with Crippen molar-refractivity contribution in [2.24, 2.45) is 5.73 Å². The van der Waals surface area contributed by atoms with Gasteiger partial charge in [-0.3, -0.25) is 0 Å². The number of aromatic nitrogens is 3. The summed E-state index contributed by atoms with van der Waals surface area (Å²) >= 11 is 1.47. The lowest BCUT2D eigenvalue weighted by atomic mass is 10.0. The quantitative estimate of drug-likeness (QED) is 0.394. The first-order chi connectivity index (χ1) is 14.2. The number of nitrogens with one attached hydrogen (secondary N) is 1. The number of thiazole rings is 1. The van der Waals surface area contributed by atoms with Crippen molar-refractivity contribution in [3.8, 4) is 11.6 Å². The van der Waals surface area contributed by atoms with Crippen LogP contribution < -0.4 is 21.5 Å². The van der Waals surface area contributed by atoms with Crippen molar-refractivity contribution in [1.29, 1.82) is 0 Å². The Hall–Kier alpha value is -3.49. The third-order valence-corrected chi connectivity index (χ3v) is 4.96. The molecule has 29 heavy (non-hydrogen) atoms. The molecule has 0 saturated carbocycles. The van der Waals surface area contributed by atoms with Crippen LogP contribution in [0.4, 0.5) is 16.6 Å². The van der Waals surface area contributed by atoms with Crippen LogP contribution in [0.15, 0.2) is 72.4 Å². The summed E-state index contributed by atoms with van der Waals surface area (Å²) < 4.78 is 5.74. The lowest BCUT2D eigenvalue weighted by Gasteiger charge is -2.09. The van der Waals surface area contributed by atoms with Gasteiger partial charge in [-0.1, -0.05) is 30.3 Å². The molecule has 2 heterocycles. The van der Waals surface area contributed by atoms with Gasteiger partial charge in [0.05, 0.1) is 11.7 Å². The number of hydrogen-bond acceptors (Lipinski definition) is 8. The number of hydrogen-bond donors (Lipinski definition) is 3. The summed E-state index contributed by atoms with van der Waals surface area (Å²) in [6, 6.07) is 18.7. The van der Waals surface area contributed by atoms with Crippen LogP contribution in [0.3, 0.4) is 0 Å². The van der Waals surface area contributed by atoms with Gasteiger partial charge in [-0.2, -0.15) is 0 Å². The topological polar surface area (TPSA) is 112 Å². The van der Waals surface area contributed by atoms with Crippen molar-refractivity contribution in [3.05, 3.63) is 83.6 Å². The van der Waals surface area contributed by atoms with Crippen LogP contribution in [-0.4, -0.2) is 15.0 Å². The van der Waals surface area contributed by atoms with E-state index in [2.05, 4.69) is 20.3 Å². The average molecular weight is 404 g/mol. The van der Waals surface area contributed by atoms with E-state index in [4.69, 9.17) is 16.2 Å². The number of benzene rings is 2. The predicted molar refractivity (Wildman–Crippen MR) is 115 cm³/mol. The van der Waals surface area contributed by atoms with Crippen molar-refractivity contribution in [2.45, 2.75) is 12.5 Å². The zero-order valence-corrected chi connectivity index (χ0v) is 16.3. The highest BCUT2D eigenvalue weighted by molar-refractivity contribution is 7.13. The van der Waals surface area contributed by atoms with E-state index in [9.17, 15) is 0 Å². The first-order valence-electron chi connectivity index (χ1n) is 9.03. The number of nitrogen functional groups attached to an aromatic ring is 1. The smallest absolute Gasteiger partial charge is 0.224 e. The summed E-state index contributed by atoms with van der Waals surface area (Å²) in [4.78, 5) is 13.0. The summed E-state index contributed by atoms with van der Waals surface area (Å²) in [6.07, 6.45) is 2.13. The molecule has 0 saturated heterocycles. The summed E-state index contributed by atoms with van der Waals surface area (Å²) in [6.45, 7) is 0. The van der Waals surface area contributed by atoms with Crippen molar-refractivity contribution in [3.63, 3.8) is 0 Å². The monoisotopic (exact) mass is 404 g/mol. The fraction of sp³-hybridized carbons (Fsp3) is 0.0952. The number of nitrogens with zero attached hydrogens (tertiary/aromatic N) is 3. The molecule has 4 aromatic rings. The second kappa shape index (κ2) is 8.68. The Labute approximate surface area is 172 Å². The number of para-hydroxylation sites is 1. The van der Waals surface area contributed by atoms with Crippen molar-refractivity contribution in [1.82, 2.24) is 15.0 Å². The molecule has 1 unspecified atom stereocenters. The number of nitrogens with two attached hydrogens (primary N) is 2. The highest BCUT2D eigenvalue weighted by Crippen LogP contribution is 2.26. The fourth-order valence-corrected chi connectivity index (χ4v) is 3.49. The van der Waals surface area contributed by atoms with Gasteiger partial charge in [0.15, 0.2) is 5.13 Å². The van der Waals surface area contributed by atoms with Gasteiger partial charge in [0.25, 0.3) is 0 Å². The normalized spacial score (nSPS) is 11.8. The average Bonchev–Trinajstić information content (AvgIpc) is 3.19. The molecule has 0 aliphatic carbocycles. The molecule has 146 valence electrons. The van der Waals surface area contributed by atoms with Gasteiger partial charge < -0.3 is 21.5 Å². The number of rotatable bonds is 7. The molecule has 7 nitrogen and oxygen atoms in total. The molecule has 5 N–H and O–H groups in total. The Morgan fingerprint density at radius 2 is 1.83 bits per heavy atom. The van der Waals surface area contributed by atoms with Crippen LogP contribution >= 0.6 is 11.3 Å². The standard InChI is InChI=1S/C21H20N6OS/c22-15-8-6-14(7-9-15)10-17(23)18-12-29-21(26-18)27-19-11-20(25-13-24-19)28-16-4-2-1-3-5-16/h1-9,11-13,17H,10,22-23H2,(H,24,25,26,27). The van der Waals surface area contributed by atoms with Crippen LogP contribution in [0.1, 0.15) is 17.3 Å². The second-order valence-electron chi connectivity index (χ2n) is 6.41. The van der Waals surface area contributed by atoms with Gasteiger partial charge in [0.1, 0.15) is 17.9 Å². The highest BCUT2D eigenvalue weighted by atomic mass is 32.1. The number of ether oxygens (including phenoxy) is 1. The van der Waals surface area contributed by atoms with Gasteiger partial charge in [-0.25, -0.2) is 15.0 Å². The minimum Gasteiger partial charge on any atom is -0.439 e. The third-order valence-electron chi connectivity index (χ3n) is 4.18. The van der Waals surface area contributed by atoms with E-state index in [0.29, 0.717) is 29.0 Å². The molecule has 2 aromatic carbocycles. The van der Waals surface area contributed by atoms with E-state index in [0.717, 1.165) is 16.9 Å². The Balaban J connectivity index is 1.41.